The van der Waals surface area contributed by atoms with Crippen LogP contribution in [0.3, 0.4) is 0 Å². The molecule has 0 unspecified atom stereocenters. The van der Waals surface area contributed by atoms with Crippen molar-refractivity contribution >= 4 is 18.0 Å². The molecular weight excluding hydrogens is 360 g/mol. The van der Waals surface area contributed by atoms with Crippen LogP contribution in [-0.2, 0) is 19.1 Å². The molecule has 1 aliphatic carbocycles. The maximum atomic E-state index is 12.4. The highest BCUT2D eigenvalue weighted by molar-refractivity contribution is 5.74. The molecule has 162 valence electrons. The van der Waals surface area contributed by atoms with Gasteiger partial charge in [-0.3, -0.25) is 9.59 Å². The van der Waals surface area contributed by atoms with Gasteiger partial charge in [-0.25, -0.2) is 4.79 Å². The summed E-state index contributed by atoms with van der Waals surface area (Å²) in [5.74, 6) is -0.371. The summed E-state index contributed by atoms with van der Waals surface area (Å²) >= 11 is 0. The number of alkyl carbamates (subject to hydrolysis) is 1. The van der Waals surface area contributed by atoms with E-state index in [-0.39, 0.29) is 41.7 Å². The molecule has 1 aliphatic rings. The van der Waals surface area contributed by atoms with E-state index in [1.165, 1.54) is 14.0 Å². The van der Waals surface area contributed by atoms with Gasteiger partial charge >= 0.3 is 12.1 Å². The molecule has 2 amide bonds. The van der Waals surface area contributed by atoms with Crippen molar-refractivity contribution in [2.45, 2.75) is 91.3 Å². The molecular formula is C21H38N2O5. The van der Waals surface area contributed by atoms with Gasteiger partial charge < -0.3 is 20.1 Å². The first kappa shape index (κ1) is 24.2. The van der Waals surface area contributed by atoms with Crippen molar-refractivity contribution in [2.75, 3.05) is 7.11 Å². The summed E-state index contributed by atoms with van der Waals surface area (Å²) in [6, 6.07) is -0.298. The first-order valence-electron chi connectivity index (χ1n) is 10.4. The van der Waals surface area contributed by atoms with Crippen molar-refractivity contribution in [3.05, 3.63) is 0 Å². The van der Waals surface area contributed by atoms with Crippen LogP contribution in [0.2, 0.25) is 0 Å². The Kier molecular flexibility index (Phi) is 9.24. The van der Waals surface area contributed by atoms with Gasteiger partial charge in [-0.05, 0) is 46.0 Å². The van der Waals surface area contributed by atoms with Crippen molar-refractivity contribution < 1.29 is 23.9 Å². The molecule has 28 heavy (non-hydrogen) atoms. The Balaban J connectivity index is 3.11. The molecule has 0 radical (unpaired) electrons. The number of methoxy groups -OCH3 is 1. The van der Waals surface area contributed by atoms with Crippen LogP contribution in [0.25, 0.3) is 0 Å². The van der Waals surface area contributed by atoms with Crippen molar-refractivity contribution in [3.63, 3.8) is 0 Å². The normalized spacial score (nSPS) is 23.6. The van der Waals surface area contributed by atoms with E-state index < -0.39 is 11.7 Å². The second-order valence-corrected chi connectivity index (χ2v) is 8.75. The number of nitrogens with one attached hydrogen (secondary N) is 2. The molecule has 0 bridgehead atoms. The number of carbonyl (C=O) groups excluding carboxylic acids is 3. The molecule has 1 saturated carbocycles. The Bertz CT molecular complexity index is 539. The third kappa shape index (κ3) is 7.32. The minimum absolute atomic E-state index is 0.0702. The third-order valence-corrected chi connectivity index (χ3v) is 5.52. The van der Waals surface area contributed by atoms with Gasteiger partial charge in [-0.2, -0.15) is 0 Å². The van der Waals surface area contributed by atoms with Crippen molar-refractivity contribution in [1.82, 2.24) is 10.6 Å². The van der Waals surface area contributed by atoms with Crippen LogP contribution in [0.4, 0.5) is 4.79 Å². The van der Waals surface area contributed by atoms with E-state index in [9.17, 15) is 14.4 Å². The van der Waals surface area contributed by atoms with E-state index in [4.69, 9.17) is 9.47 Å². The van der Waals surface area contributed by atoms with Crippen LogP contribution < -0.4 is 10.6 Å². The van der Waals surface area contributed by atoms with E-state index in [1.54, 1.807) is 0 Å². The van der Waals surface area contributed by atoms with Crippen LogP contribution in [0.5, 0.6) is 0 Å². The Morgan fingerprint density at radius 2 is 1.71 bits per heavy atom. The largest absolute Gasteiger partial charge is 0.469 e. The van der Waals surface area contributed by atoms with Crippen LogP contribution >= 0.6 is 0 Å². The fourth-order valence-electron chi connectivity index (χ4n) is 4.23. The summed E-state index contributed by atoms with van der Waals surface area (Å²) in [4.78, 5) is 36.5. The molecule has 0 spiro atoms. The second-order valence-electron chi connectivity index (χ2n) is 8.75. The van der Waals surface area contributed by atoms with Crippen LogP contribution in [0.1, 0.15) is 73.6 Å². The standard InChI is InChI=1S/C21H38N2O5/c1-8-14(9-2)18(22-13(3)24)16-12-15(19(25)27-7)10-11-17(16)23-20(26)28-21(4,5)6/h14-18H,8-12H2,1-7H3,(H,22,24)(H,23,26)/t15-,16+,17+,18-/m0/s1. The first-order chi connectivity index (χ1) is 13.0. The maximum absolute atomic E-state index is 12.4. The lowest BCUT2D eigenvalue weighted by molar-refractivity contribution is -0.147. The molecule has 0 aromatic rings. The molecule has 0 aromatic heterocycles. The molecule has 4 atom stereocenters. The number of hydrogen-bond donors (Lipinski definition) is 2. The van der Waals surface area contributed by atoms with Gasteiger partial charge in [0.05, 0.1) is 13.0 Å². The maximum Gasteiger partial charge on any atom is 0.407 e. The molecule has 1 fully saturated rings. The van der Waals surface area contributed by atoms with Crippen LogP contribution in [0, 0.1) is 17.8 Å². The quantitative estimate of drug-likeness (QED) is 0.641. The highest BCUT2D eigenvalue weighted by Crippen LogP contribution is 2.36. The number of ether oxygens (including phenoxy) is 2. The Hall–Kier alpha value is -1.79. The predicted molar refractivity (Wildman–Crippen MR) is 108 cm³/mol. The van der Waals surface area contributed by atoms with Crippen molar-refractivity contribution in [2.24, 2.45) is 17.8 Å². The smallest absolute Gasteiger partial charge is 0.407 e. The summed E-state index contributed by atoms with van der Waals surface area (Å²) in [5.41, 5.74) is -0.588. The lowest BCUT2D eigenvalue weighted by atomic mass is 9.70. The van der Waals surface area contributed by atoms with Crippen molar-refractivity contribution in [1.29, 1.82) is 0 Å². The summed E-state index contributed by atoms with van der Waals surface area (Å²) in [5, 5.41) is 6.09. The van der Waals surface area contributed by atoms with E-state index in [0.29, 0.717) is 19.3 Å². The lowest BCUT2D eigenvalue weighted by Gasteiger charge is -2.43. The molecule has 0 aliphatic heterocycles. The number of rotatable bonds is 7. The fourth-order valence-corrected chi connectivity index (χ4v) is 4.23. The SMILES string of the molecule is CCC(CC)[C@H](NC(C)=O)[C@@H]1C[C@@H](C(=O)OC)CC[C@H]1NC(=O)OC(C)(C)C. The number of amides is 2. The van der Waals surface area contributed by atoms with E-state index in [0.717, 1.165) is 12.8 Å². The summed E-state index contributed by atoms with van der Waals surface area (Å²) in [6.45, 7) is 11.2. The Morgan fingerprint density at radius 1 is 1.11 bits per heavy atom. The molecule has 0 aromatic carbocycles. The zero-order valence-corrected chi connectivity index (χ0v) is 18.5. The number of carbonyl (C=O) groups is 3. The van der Waals surface area contributed by atoms with Crippen molar-refractivity contribution in [3.8, 4) is 0 Å². The van der Waals surface area contributed by atoms with E-state index in [1.807, 2.05) is 20.8 Å². The predicted octanol–water partition coefficient (Wildman–Crippen LogP) is 3.41. The molecule has 7 nitrogen and oxygen atoms in total. The molecule has 0 heterocycles. The molecule has 7 heteroatoms. The summed E-state index contributed by atoms with van der Waals surface area (Å²) in [6.07, 6.45) is 3.18. The van der Waals surface area contributed by atoms with Gasteiger partial charge in [-0.1, -0.05) is 26.7 Å². The minimum Gasteiger partial charge on any atom is -0.469 e. The van der Waals surface area contributed by atoms with Gasteiger partial charge in [-0.15, -0.1) is 0 Å². The van der Waals surface area contributed by atoms with E-state index in [2.05, 4.69) is 24.5 Å². The average molecular weight is 399 g/mol. The first-order valence-corrected chi connectivity index (χ1v) is 10.4. The van der Waals surface area contributed by atoms with Gasteiger partial charge in [0, 0.05) is 24.9 Å². The topological polar surface area (TPSA) is 93.7 Å². The lowest BCUT2D eigenvalue weighted by Crippen LogP contribution is -2.56. The van der Waals surface area contributed by atoms with Gasteiger partial charge in [0.2, 0.25) is 5.91 Å². The molecule has 2 N–H and O–H groups in total. The fraction of sp³-hybridized carbons (Fsp3) is 0.857. The number of hydrogen-bond acceptors (Lipinski definition) is 5. The van der Waals surface area contributed by atoms with E-state index >= 15 is 0 Å². The Labute approximate surface area is 169 Å². The van der Waals surface area contributed by atoms with Gasteiger partial charge in [0.1, 0.15) is 5.60 Å². The second kappa shape index (κ2) is 10.7. The number of esters is 1. The van der Waals surface area contributed by atoms with Crippen LogP contribution in [0.15, 0.2) is 0 Å². The molecule has 1 rings (SSSR count). The van der Waals surface area contributed by atoms with Crippen LogP contribution in [-0.4, -0.2) is 42.8 Å². The summed E-state index contributed by atoms with van der Waals surface area (Å²) < 4.78 is 10.4. The van der Waals surface area contributed by atoms with Gasteiger partial charge in [0.25, 0.3) is 0 Å². The minimum atomic E-state index is -0.588. The van der Waals surface area contributed by atoms with Gasteiger partial charge in [0.15, 0.2) is 0 Å². The molecule has 0 saturated heterocycles. The monoisotopic (exact) mass is 398 g/mol. The summed E-state index contributed by atoms with van der Waals surface area (Å²) in [7, 11) is 1.40. The highest BCUT2D eigenvalue weighted by Gasteiger charge is 2.42. The zero-order chi connectivity index (χ0) is 21.5. The third-order valence-electron chi connectivity index (χ3n) is 5.52. The highest BCUT2D eigenvalue weighted by atomic mass is 16.6. The zero-order valence-electron chi connectivity index (χ0n) is 18.5. The Morgan fingerprint density at radius 3 is 2.18 bits per heavy atom. The average Bonchev–Trinajstić information content (AvgIpc) is 2.59.